The lowest BCUT2D eigenvalue weighted by Gasteiger charge is -2.12. The van der Waals surface area contributed by atoms with Crippen LogP contribution in [0, 0.1) is 0 Å². The van der Waals surface area contributed by atoms with E-state index in [0.29, 0.717) is 16.8 Å². The van der Waals surface area contributed by atoms with Crippen molar-refractivity contribution in [3.8, 4) is 0 Å². The number of halogens is 1. The molecule has 94 valence electrons. The van der Waals surface area contributed by atoms with Gasteiger partial charge in [0.2, 0.25) is 0 Å². The van der Waals surface area contributed by atoms with E-state index in [9.17, 15) is 9.59 Å². The molecule has 1 aromatic heterocycles. The Kier molecular flexibility index (Phi) is 2.76. The molecule has 1 aromatic carbocycles. The normalized spacial score (nSPS) is 13.8. The van der Waals surface area contributed by atoms with Gasteiger partial charge in [-0.3, -0.25) is 19.5 Å². The number of rotatable bonds is 2. The van der Waals surface area contributed by atoms with E-state index in [1.54, 1.807) is 24.3 Å². The number of hydrogen-bond acceptors (Lipinski definition) is 4. The van der Waals surface area contributed by atoms with Gasteiger partial charge >= 0.3 is 0 Å². The molecule has 0 N–H and O–H groups in total. The van der Waals surface area contributed by atoms with Gasteiger partial charge in [-0.15, -0.1) is 0 Å². The second-order valence-corrected chi connectivity index (χ2v) is 4.46. The van der Waals surface area contributed by atoms with Crippen molar-refractivity contribution in [2.24, 2.45) is 0 Å². The molecule has 0 fully saturated rings. The molecule has 1 aliphatic heterocycles. The lowest BCUT2D eigenvalue weighted by molar-refractivity contribution is 0.0640. The zero-order valence-electron chi connectivity index (χ0n) is 9.71. The van der Waals surface area contributed by atoms with Gasteiger partial charge in [0.25, 0.3) is 11.8 Å². The van der Waals surface area contributed by atoms with Gasteiger partial charge in [-0.25, -0.2) is 4.98 Å². The maximum atomic E-state index is 12.1. The summed E-state index contributed by atoms with van der Waals surface area (Å²) in [7, 11) is 0. The molecular weight excluding hydrogens is 266 g/mol. The minimum Gasteiger partial charge on any atom is -0.269 e. The molecular formula is C13H8ClN3O2. The molecule has 0 aliphatic carbocycles. The molecule has 2 amide bonds. The van der Waals surface area contributed by atoms with Crippen LogP contribution in [0.1, 0.15) is 26.4 Å². The fourth-order valence-corrected chi connectivity index (χ4v) is 2.06. The molecule has 0 unspecified atom stereocenters. The summed E-state index contributed by atoms with van der Waals surface area (Å²) in [5.41, 5.74) is 1.36. The quantitative estimate of drug-likeness (QED) is 0.784. The number of fused-ring (bicyclic) bond motifs is 1. The van der Waals surface area contributed by atoms with Crippen molar-refractivity contribution >= 4 is 23.4 Å². The monoisotopic (exact) mass is 273 g/mol. The standard InChI is InChI=1S/C13H8ClN3O2/c14-11-6-15-8(5-16-11)7-17-12(18)9-3-1-2-4-10(9)13(17)19/h1-6H,7H2. The molecule has 0 radical (unpaired) electrons. The first-order valence-electron chi connectivity index (χ1n) is 5.58. The van der Waals surface area contributed by atoms with Crippen molar-refractivity contribution in [3.05, 3.63) is 58.6 Å². The zero-order chi connectivity index (χ0) is 13.4. The maximum absolute atomic E-state index is 12.1. The Morgan fingerprint density at radius 2 is 1.63 bits per heavy atom. The third kappa shape index (κ3) is 1.98. The van der Waals surface area contributed by atoms with Crippen LogP contribution in [-0.2, 0) is 6.54 Å². The van der Waals surface area contributed by atoms with Gasteiger partial charge in [-0.05, 0) is 12.1 Å². The van der Waals surface area contributed by atoms with E-state index in [2.05, 4.69) is 9.97 Å². The summed E-state index contributed by atoms with van der Waals surface area (Å²) in [6.45, 7) is 0.0938. The fraction of sp³-hybridized carbons (Fsp3) is 0.0769. The molecule has 1 aliphatic rings. The van der Waals surface area contributed by atoms with Crippen LogP contribution in [0.2, 0.25) is 5.15 Å². The van der Waals surface area contributed by atoms with Gasteiger partial charge in [-0.1, -0.05) is 23.7 Å². The highest BCUT2D eigenvalue weighted by Gasteiger charge is 2.35. The first-order chi connectivity index (χ1) is 9.16. The van der Waals surface area contributed by atoms with E-state index in [1.807, 2.05) is 0 Å². The summed E-state index contributed by atoms with van der Waals surface area (Å²) in [4.78, 5) is 33.3. The Morgan fingerprint density at radius 3 is 2.16 bits per heavy atom. The Morgan fingerprint density at radius 1 is 1.00 bits per heavy atom. The van der Waals surface area contributed by atoms with Crippen molar-refractivity contribution in [3.63, 3.8) is 0 Å². The van der Waals surface area contributed by atoms with Crippen LogP contribution < -0.4 is 0 Å². The Hall–Kier alpha value is -2.27. The van der Waals surface area contributed by atoms with E-state index in [-0.39, 0.29) is 23.5 Å². The largest absolute Gasteiger partial charge is 0.269 e. The van der Waals surface area contributed by atoms with Crippen LogP contribution >= 0.6 is 11.6 Å². The number of imide groups is 1. The number of aromatic nitrogens is 2. The van der Waals surface area contributed by atoms with Crippen LogP contribution in [-0.4, -0.2) is 26.7 Å². The van der Waals surface area contributed by atoms with E-state index in [0.717, 1.165) is 4.90 Å². The fourth-order valence-electron chi connectivity index (χ4n) is 1.97. The van der Waals surface area contributed by atoms with Crippen LogP contribution in [0.5, 0.6) is 0 Å². The number of benzene rings is 1. The van der Waals surface area contributed by atoms with Crippen LogP contribution in [0.3, 0.4) is 0 Å². The van der Waals surface area contributed by atoms with E-state index >= 15 is 0 Å². The van der Waals surface area contributed by atoms with E-state index < -0.39 is 0 Å². The van der Waals surface area contributed by atoms with Gasteiger partial charge in [0.05, 0.1) is 35.8 Å². The zero-order valence-corrected chi connectivity index (χ0v) is 10.5. The number of carbonyl (C=O) groups is 2. The Bertz CT molecular complexity index is 635. The number of carbonyl (C=O) groups excluding carboxylic acids is 2. The second-order valence-electron chi connectivity index (χ2n) is 4.07. The summed E-state index contributed by atoms with van der Waals surface area (Å²) in [6, 6.07) is 6.75. The van der Waals surface area contributed by atoms with Crippen molar-refractivity contribution in [1.82, 2.24) is 14.9 Å². The molecule has 2 heterocycles. The molecule has 19 heavy (non-hydrogen) atoms. The minimum absolute atomic E-state index is 0.0938. The molecule has 0 saturated heterocycles. The molecule has 3 rings (SSSR count). The lowest BCUT2D eigenvalue weighted by atomic mass is 10.1. The summed E-state index contributed by atoms with van der Waals surface area (Å²) in [6.07, 6.45) is 2.83. The van der Waals surface area contributed by atoms with E-state index in [1.165, 1.54) is 12.4 Å². The first-order valence-corrected chi connectivity index (χ1v) is 5.96. The average Bonchev–Trinajstić information content (AvgIpc) is 2.67. The smallest absolute Gasteiger partial charge is 0.261 e. The molecule has 0 bridgehead atoms. The lowest BCUT2D eigenvalue weighted by Crippen LogP contribution is -2.29. The van der Waals surface area contributed by atoms with Gasteiger partial charge in [0.15, 0.2) is 0 Å². The predicted octanol–water partition coefficient (Wildman–Crippen LogP) is 1.93. The molecule has 0 spiro atoms. The summed E-state index contributed by atoms with van der Waals surface area (Å²) < 4.78 is 0. The Labute approximate surface area is 113 Å². The van der Waals surface area contributed by atoms with Crippen molar-refractivity contribution in [2.45, 2.75) is 6.54 Å². The van der Waals surface area contributed by atoms with Crippen LogP contribution in [0.4, 0.5) is 0 Å². The summed E-state index contributed by atoms with van der Waals surface area (Å²) >= 11 is 5.64. The first kappa shape index (κ1) is 11.8. The summed E-state index contributed by atoms with van der Waals surface area (Å²) in [5.74, 6) is -0.616. The second kappa shape index (κ2) is 4.44. The molecule has 0 atom stereocenters. The minimum atomic E-state index is -0.308. The molecule has 2 aromatic rings. The average molecular weight is 274 g/mol. The van der Waals surface area contributed by atoms with Gasteiger partial charge in [-0.2, -0.15) is 0 Å². The molecule has 0 saturated carbocycles. The highest BCUT2D eigenvalue weighted by Crippen LogP contribution is 2.23. The van der Waals surface area contributed by atoms with Crippen molar-refractivity contribution < 1.29 is 9.59 Å². The highest BCUT2D eigenvalue weighted by atomic mass is 35.5. The third-order valence-corrected chi connectivity index (χ3v) is 3.07. The highest BCUT2D eigenvalue weighted by molar-refractivity contribution is 6.29. The van der Waals surface area contributed by atoms with Gasteiger partial charge in [0, 0.05) is 0 Å². The van der Waals surface area contributed by atoms with Crippen molar-refractivity contribution in [1.29, 1.82) is 0 Å². The van der Waals surface area contributed by atoms with Gasteiger partial charge < -0.3 is 0 Å². The Balaban J connectivity index is 1.90. The SMILES string of the molecule is O=C1c2ccccc2C(=O)N1Cc1cnc(Cl)cn1. The molecule has 6 heteroatoms. The summed E-state index contributed by atoms with van der Waals surface area (Å²) in [5, 5.41) is 0.270. The maximum Gasteiger partial charge on any atom is 0.261 e. The predicted molar refractivity (Wildman–Crippen MR) is 67.7 cm³/mol. The number of nitrogens with zero attached hydrogens (tertiary/aromatic N) is 3. The van der Waals surface area contributed by atoms with Crippen LogP contribution in [0.25, 0.3) is 0 Å². The van der Waals surface area contributed by atoms with Gasteiger partial charge in [0.1, 0.15) is 5.15 Å². The van der Waals surface area contributed by atoms with E-state index in [4.69, 9.17) is 11.6 Å². The number of hydrogen-bond donors (Lipinski definition) is 0. The number of amides is 2. The van der Waals surface area contributed by atoms with Crippen LogP contribution in [0.15, 0.2) is 36.7 Å². The molecule has 5 nitrogen and oxygen atoms in total. The topological polar surface area (TPSA) is 63.2 Å². The third-order valence-electron chi connectivity index (χ3n) is 2.87. The van der Waals surface area contributed by atoms with Crippen molar-refractivity contribution in [2.75, 3.05) is 0 Å².